The van der Waals surface area contributed by atoms with Crippen LogP contribution in [-0.4, -0.2) is 68.6 Å². The Hall–Kier alpha value is -3.14. The number of morpholine rings is 1. The molecule has 1 atom stereocenters. The van der Waals surface area contributed by atoms with Gasteiger partial charge in [-0.2, -0.15) is 0 Å². The van der Waals surface area contributed by atoms with E-state index in [0.717, 1.165) is 13.1 Å². The van der Waals surface area contributed by atoms with Gasteiger partial charge >= 0.3 is 6.09 Å². The molecule has 4 rings (SSSR count). The minimum Gasteiger partial charge on any atom is -0.444 e. The number of ether oxygens (including phenoxy) is 2. The van der Waals surface area contributed by atoms with E-state index in [4.69, 9.17) is 15.2 Å². The van der Waals surface area contributed by atoms with E-state index >= 15 is 0 Å². The Morgan fingerprint density at radius 1 is 1.23 bits per heavy atom. The minimum absolute atomic E-state index is 0.256. The van der Waals surface area contributed by atoms with Crippen molar-refractivity contribution in [3.8, 4) is 11.1 Å². The van der Waals surface area contributed by atoms with Crippen molar-refractivity contribution in [3.05, 3.63) is 30.3 Å². The standard InChI is InChI=1S/C20H25FN6O3/c1-23-20(28)30-14-2-3-27(12-14)18-9-16(21)15(8-17(18)22)13-10-24-19(25-11-13)26-4-6-29-7-5-26/h8-11,14H,2-7,12,22H2,1H3,(H,23,28). The predicted octanol–water partition coefficient (Wildman–Crippen LogP) is 1.64. The summed E-state index contributed by atoms with van der Waals surface area (Å²) in [4.78, 5) is 24.1. The monoisotopic (exact) mass is 416 g/mol. The minimum atomic E-state index is -0.475. The fourth-order valence-corrected chi connectivity index (χ4v) is 3.72. The topological polar surface area (TPSA) is 106 Å². The lowest BCUT2D eigenvalue weighted by atomic mass is 10.1. The lowest BCUT2D eigenvalue weighted by molar-refractivity contribution is 0.110. The third kappa shape index (κ3) is 4.23. The van der Waals surface area contributed by atoms with Gasteiger partial charge in [0, 0.05) is 56.6 Å². The van der Waals surface area contributed by atoms with Crippen molar-refractivity contribution in [3.63, 3.8) is 0 Å². The third-order valence-electron chi connectivity index (χ3n) is 5.32. The van der Waals surface area contributed by atoms with Crippen LogP contribution in [0.5, 0.6) is 0 Å². The fraction of sp³-hybridized carbons (Fsp3) is 0.450. The van der Waals surface area contributed by atoms with E-state index in [9.17, 15) is 9.18 Å². The highest BCUT2D eigenvalue weighted by atomic mass is 19.1. The van der Waals surface area contributed by atoms with Crippen LogP contribution in [0.4, 0.5) is 26.5 Å². The Labute approximate surface area is 174 Å². The van der Waals surface area contributed by atoms with Gasteiger partial charge in [-0.15, -0.1) is 0 Å². The number of nitrogens with two attached hydrogens (primary N) is 1. The third-order valence-corrected chi connectivity index (χ3v) is 5.32. The van der Waals surface area contributed by atoms with Crippen molar-refractivity contribution in [1.82, 2.24) is 15.3 Å². The molecule has 9 nitrogen and oxygen atoms in total. The summed E-state index contributed by atoms with van der Waals surface area (Å²) in [6.45, 7) is 3.84. The number of amides is 1. The van der Waals surface area contributed by atoms with E-state index in [1.54, 1.807) is 18.5 Å². The Bertz CT molecular complexity index is 904. The molecule has 30 heavy (non-hydrogen) atoms. The number of anilines is 3. The zero-order valence-corrected chi connectivity index (χ0v) is 16.8. The van der Waals surface area contributed by atoms with Crippen molar-refractivity contribution >= 4 is 23.4 Å². The Morgan fingerprint density at radius 3 is 2.67 bits per heavy atom. The summed E-state index contributed by atoms with van der Waals surface area (Å²) < 4.78 is 25.5. The SMILES string of the molecule is CNC(=O)OC1CCN(c2cc(F)c(-c3cnc(N4CCOCC4)nc3)cc2N)C1. The molecule has 0 spiro atoms. The van der Waals surface area contributed by atoms with Gasteiger partial charge in [0.05, 0.1) is 31.1 Å². The Balaban J connectivity index is 1.49. The maximum atomic E-state index is 14.9. The average molecular weight is 416 g/mol. The van der Waals surface area contributed by atoms with Crippen LogP contribution in [0.15, 0.2) is 24.5 Å². The fourth-order valence-electron chi connectivity index (χ4n) is 3.72. The molecule has 0 aliphatic carbocycles. The van der Waals surface area contributed by atoms with Crippen molar-refractivity contribution in [2.75, 3.05) is 62.0 Å². The number of hydrogen-bond acceptors (Lipinski definition) is 8. The van der Waals surface area contributed by atoms with Gasteiger partial charge in [0.15, 0.2) is 0 Å². The van der Waals surface area contributed by atoms with E-state index in [2.05, 4.69) is 15.3 Å². The molecule has 0 bridgehead atoms. The lowest BCUT2D eigenvalue weighted by Crippen LogP contribution is -2.37. The van der Waals surface area contributed by atoms with Crippen molar-refractivity contribution in [2.45, 2.75) is 12.5 Å². The van der Waals surface area contributed by atoms with E-state index < -0.39 is 11.9 Å². The number of nitrogens with zero attached hydrogens (tertiary/aromatic N) is 4. The van der Waals surface area contributed by atoms with E-state index in [-0.39, 0.29) is 6.10 Å². The normalized spacial score (nSPS) is 19.1. The molecule has 3 heterocycles. The molecule has 2 saturated heterocycles. The van der Waals surface area contributed by atoms with Crippen LogP contribution in [0.2, 0.25) is 0 Å². The van der Waals surface area contributed by atoms with Crippen LogP contribution in [-0.2, 0) is 9.47 Å². The molecule has 10 heteroatoms. The Morgan fingerprint density at radius 2 is 1.97 bits per heavy atom. The molecule has 2 aliphatic heterocycles. The van der Waals surface area contributed by atoms with E-state index in [0.29, 0.717) is 61.2 Å². The maximum absolute atomic E-state index is 14.9. The van der Waals surface area contributed by atoms with Crippen LogP contribution in [0.3, 0.4) is 0 Å². The van der Waals surface area contributed by atoms with Gasteiger partial charge in [0.1, 0.15) is 11.9 Å². The zero-order chi connectivity index (χ0) is 21.1. The molecule has 1 amide bonds. The summed E-state index contributed by atoms with van der Waals surface area (Å²) in [5.74, 6) is 0.198. The molecule has 2 aliphatic rings. The number of carbonyl (C=O) groups excluding carboxylic acids is 1. The van der Waals surface area contributed by atoms with Crippen LogP contribution >= 0.6 is 0 Å². The first kappa shape index (κ1) is 20.1. The number of hydrogen-bond donors (Lipinski definition) is 2. The molecule has 1 aromatic heterocycles. The molecule has 2 fully saturated rings. The van der Waals surface area contributed by atoms with Gasteiger partial charge in [0.2, 0.25) is 5.95 Å². The summed E-state index contributed by atoms with van der Waals surface area (Å²) in [6.07, 6.45) is 3.15. The van der Waals surface area contributed by atoms with E-state index in [1.165, 1.54) is 13.1 Å². The molecule has 2 aromatic rings. The molecule has 0 radical (unpaired) electrons. The highest BCUT2D eigenvalue weighted by Gasteiger charge is 2.27. The molecule has 3 N–H and O–H groups in total. The van der Waals surface area contributed by atoms with Crippen molar-refractivity contribution in [1.29, 1.82) is 0 Å². The number of nitrogens with one attached hydrogen (secondary N) is 1. The summed E-state index contributed by atoms with van der Waals surface area (Å²) in [6, 6.07) is 3.02. The highest BCUT2D eigenvalue weighted by molar-refractivity contribution is 5.77. The van der Waals surface area contributed by atoms with Gasteiger partial charge in [-0.1, -0.05) is 0 Å². The summed E-state index contributed by atoms with van der Waals surface area (Å²) in [5.41, 5.74) is 8.18. The quantitative estimate of drug-likeness (QED) is 0.725. The number of carbonyl (C=O) groups is 1. The van der Waals surface area contributed by atoms with E-state index in [1.807, 2.05) is 9.80 Å². The summed E-state index contributed by atoms with van der Waals surface area (Å²) >= 11 is 0. The maximum Gasteiger partial charge on any atom is 0.407 e. The lowest BCUT2D eigenvalue weighted by Gasteiger charge is -2.26. The smallest absolute Gasteiger partial charge is 0.407 e. The number of nitrogen functional groups attached to an aromatic ring is 1. The second-order valence-electron chi connectivity index (χ2n) is 7.27. The number of benzene rings is 1. The number of halogens is 1. The van der Waals surface area contributed by atoms with Gasteiger partial charge in [-0.25, -0.2) is 19.2 Å². The average Bonchev–Trinajstić information content (AvgIpc) is 3.24. The molecule has 160 valence electrons. The predicted molar refractivity (Wildman–Crippen MR) is 111 cm³/mol. The number of rotatable bonds is 4. The first-order chi connectivity index (χ1) is 14.5. The highest BCUT2D eigenvalue weighted by Crippen LogP contribution is 2.34. The second kappa shape index (κ2) is 8.70. The van der Waals surface area contributed by atoms with Crippen molar-refractivity contribution in [2.24, 2.45) is 0 Å². The van der Waals surface area contributed by atoms with Gasteiger partial charge in [-0.05, 0) is 12.1 Å². The molecule has 1 unspecified atom stereocenters. The summed E-state index contributed by atoms with van der Waals surface area (Å²) in [7, 11) is 1.51. The van der Waals surface area contributed by atoms with Crippen LogP contribution in [0.25, 0.3) is 11.1 Å². The largest absolute Gasteiger partial charge is 0.444 e. The molecule has 1 aromatic carbocycles. The zero-order valence-electron chi connectivity index (χ0n) is 16.8. The number of aromatic nitrogens is 2. The van der Waals surface area contributed by atoms with Crippen LogP contribution in [0.1, 0.15) is 6.42 Å². The molecule has 0 saturated carbocycles. The molecular formula is C20H25FN6O3. The van der Waals surface area contributed by atoms with Crippen LogP contribution < -0.4 is 20.9 Å². The summed E-state index contributed by atoms with van der Waals surface area (Å²) in [5, 5.41) is 2.43. The van der Waals surface area contributed by atoms with Gasteiger partial charge < -0.3 is 30.3 Å². The van der Waals surface area contributed by atoms with Gasteiger partial charge in [0.25, 0.3) is 0 Å². The first-order valence-electron chi connectivity index (χ1n) is 9.92. The Kier molecular flexibility index (Phi) is 5.84. The van der Waals surface area contributed by atoms with Gasteiger partial charge in [-0.3, -0.25) is 0 Å². The van der Waals surface area contributed by atoms with Crippen molar-refractivity contribution < 1.29 is 18.7 Å². The second-order valence-corrected chi connectivity index (χ2v) is 7.27. The van der Waals surface area contributed by atoms with Crippen LogP contribution in [0, 0.1) is 5.82 Å². The first-order valence-corrected chi connectivity index (χ1v) is 9.92. The number of alkyl carbamates (subject to hydrolysis) is 1. The molecular weight excluding hydrogens is 391 g/mol.